The molecule has 0 bridgehead atoms. The number of nitrogens with one attached hydrogen (secondary N) is 1. The van der Waals surface area contributed by atoms with E-state index in [4.69, 9.17) is 4.74 Å². The molecule has 3 fully saturated rings. The van der Waals surface area contributed by atoms with Crippen molar-refractivity contribution in [3.8, 4) is 0 Å². The van der Waals surface area contributed by atoms with Crippen LogP contribution in [0.25, 0.3) is 0 Å². The van der Waals surface area contributed by atoms with Crippen LogP contribution in [0.1, 0.15) is 104 Å². The maximum Gasteiger partial charge on any atom is 0.302 e. The van der Waals surface area contributed by atoms with Crippen LogP contribution in [0.5, 0.6) is 0 Å². The molecule has 0 aliphatic heterocycles. The molecule has 4 aliphatic carbocycles. The zero-order valence-corrected chi connectivity index (χ0v) is 27.3. The van der Waals surface area contributed by atoms with Gasteiger partial charge < -0.3 is 10.1 Å². The van der Waals surface area contributed by atoms with Crippen molar-refractivity contribution in [2.24, 2.45) is 46.3 Å². The van der Waals surface area contributed by atoms with Crippen LogP contribution in [0.15, 0.2) is 27.6 Å². The summed E-state index contributed by atoms with van der Waals surface area (Å²) in [7, 11) is 0. The average Bonchev–Trinajstić information content (AvgIpc) is 3.45. The van der Waals surface area contributed by atoms with E-state index in [1.807, 2.05) is 6.08 Å². The number of hydrogen-bond acceptors (Lipinski definition) is 5. The molecule has 1 heterocycles. The smallest absolute Gasteiger partial charge is 0.302 e. The van der Waals surface area contributed by atoms with Gasteiger partial charge in [-0.15, -0.1) is 11.3 Å². The van der Waals surface area contributed by atoms with Crippen molar-refractivity contribution in [1.29, 1.82) is 0 Å². The van der Waals surface area contributed by atoms with Crippen LogP contribution in [-0.2, 0) is 19.1 Å². The Kier molecular flexibility index (Phi) is 8.49. The second kappa shape index (κ2) is 11.3. The summed E-state index contributed by atoms with van der Waals surface area (Å²) in [5, 5.41) is 3.36. The summed E-state index contributed by atoms with van der Waals surface area (Å²) >= 11 is 5.26. The Morgan fingerprint density at radius 2 is 1.88 bits per heavy atom. The Morgan fingerprint density at radius 1 is 1.12 bits per heavy atom. The first-order valence-corrected chi connectivity index (χ1v) is 16.9. The molecule has 0 unspecified atom stereocenters. The van der Waals surface area contributed by atoms with E-state index in [0.29, 0.717) is 48.9 Å². The van der Waals surface area contributed by atoms with E-state index in [9.17, 15) is 14.4 Å². The van der Waals surface area contributed by atoms with Gasteiger partial charge in [-0.3, -0.25) is 14.4 Å². The minimum atomic E-state index is -0.223. The number of amides is 1. The van der Waals surface area contributed by atoms with Crippen LogP contribution in [0.3, 0.4) is 0 Å². The first-order chi connectivity index (χ1) is 18.8. The average molecular weight is 633 g/mol. The third-order valence-electron chi connectivity index (χ3n) is 11.4. The van der Waals surface area contributed by atoms with Crippen LogP contribution in [-0.4, -0.2) is 23.8 Å². The summed E-state index contributed by atoms with van der Waals surface area (Å²) in [6, 6.07) is 4.19. The fraction of sp³-hybridized carbons (Fsp3) is 0.727. The molecule has 0 saturated heterocycles. The maximum atomic E-state index is 13.4. The third kappa shape index (κ3) is 5.39. The number of hydrogen-bond donors (Lipinski definition) is 1. The van der Waals surface area contributed by atoms with Crippen LogP contribution in [0.4, 0.5) is 0 Å². The molecule has 1 aromatic rings. The predicted molar refractivity (Wildman–Crippen MR) is 163 cm³/mol. The Hall–Kier alpha value is -1.47. The van der Waals surface area contributed by atoms with Gasteiger partial charge in [0.25, 0.3) is 0 Å². The van der Waals surface area contributed by atoms with E-state index in [1.165, 1.54) is 17.4 Å². The van der Waals surface area contributed by atoms with Crippen LogP contribution < -0.4 is 5.32 Å². The van der Waals surface area contributed by atoms with Crippen molar-refractivity contribution in [1.82, 2.24) is 5.32 Å². The molecule has 0 spiro atoms. The summed E-state index contributed by atoms with van der Waals surface area (Å²) in [6.07, 6.45) is 8.95. The molecule has 1 amide bonds. The fourth-order valence-electron chi connectivity index (χ4n) is 9.54. The van der Waals surface area contributed by atoms with E-state index in [1.54, 1.807) is 11.3 Å². The second-order valence-corrected chi connectivity index (χ2v) is 16.5. The van der Waals surface area contributed by atoms with Crippen molar-refractivity contribution < 1.29 is 19.1 Å². The van der Waals surface area contributed by atoms with Crippen LogP contribution in [0.2, 0.25) is 0 Å². The number of ether oxygens (including phenoxy) is 1. The molecular formula is C33H46BrNO4S. The highest BCUT2D eigenvalue weighted by molar-refractivity contribution is 9.11. The van der Waals surface area contributed by atoms with E-state index in [0.717, 1.165) is 35.9 Å². The first-order valence-electron chi connectivity index (χ1n) is 15.3. The van der Waals surface area contributed by atoms with Crippen molar-refractivity contribution >= 4 is 44.9 Å². The highest BCUT2D eigenvalue weighted by Crippen LogP contribution is 2.68. The van der Waals surface area contributed by atoms with E-state index in [-0.39, 0.29) is 46.6 Å². The van der Waals surface area contributed by atoms with Gasteiger partial charge in [-0.2, -0.15) is 0 Å². The number of halogens is 1. The van der Waals surface area contributed by atoms with Gasteiger partial charge in [0, 0.05) is 37.0 Å². The van der Waals surface area contributed by atoms with Gasteiger partial charge in [-0.05, 0) is 107 Å². The number of carbonyl (C=O) groups is 3. The molecule has 0 aromatic carbocycles. The fourth-order valence-corrected chi connectivity index (χ4v) is 11.2. The summed E-state index contributed by atoms with van der Waals surface area (Å²) in [4.78, 5) is 39.2. The second-order valence-electron chi connectivity index (χ2n) is 14.0. The zero-order chi connectivity index (χ0) is 29.0. The normalized spacial score (nSPS) is 36.6. The Bertz CT molecular complexity index is 1190. The van der Waals surface area contributed by atoms with Gasteiger partial charge in [0.15, 0.2) is 5.78 Å². The highest BCUT2D eigenvalue weighted by Gasteiger charge is 2.62. The Balaban J connectivity index is 1.34. The number of ketones is 1. The minimum absolute atomic E-state index is 0.0167. The van der Waals surface area contributed by atoms with E-state index >= 15 is 0 Å². The van der Waals surface area contributed by atoms with Gasteiger partial charge in [0.1, 0.15) is 6.10 Å². The lowest BCUT2D eigenvalue weighted by molar-refractivity contribution is -0.166. The molecule has 7 heteroatoms. The molecule has 5 nitrogen and oxygen atoms in total. The first kappa shape index (κ1) is 30.0. The van der Waals surface area contributed by atoms with Gasteiger partial charge in [0.05, 0.1) is 9.83 Å². The van der Waals surface area contributed by atoms with Crippen molar-refractivity contribution in [2.75, 3.05) is 0 Å². The van der Waals surface area contributed by atoms with Crippen molar-refractivity contribution in [3.63, 3.8) is 0 Å². The third-order valence-corrected chi connectivity index (χ3v) is 13.1. The van der Waals surface area contributed by atoms with Crippen LogP contribution >= 0.6 is 27.3 Å². The summed E-state index contributed by atoms with van der Waals surface area (Å²) in [5.74, 6) is 2.40. The molecule has 0 radical (unpaired) electrons. The maximum absolute atomic E-state index is 13.4. The monoisotopic (exact) mass is 631 g/mol. The van der Waals surface area contributed by atoms with E-state index in [2.05, 4.69) is 68.0 Å². The lowest BCUT2D eigenvalue weighted by atomic mass is 9.45. The summed E-state index contributed by atoms with van der Waals surface area (Å²) in [6.45, 7) is 12.9. The minimum Gasteiger partial charge on any atom is -0.462 e. The molecule has 3 saturated carbocycles. The SMILES string of the molecule is CC(=O)O[C@@H]1CC2=CC(=O)CC[C@]2(C)[C@H]2CC[C@]3(C)[C@@H]([C@H](C)CC(=O)N[C@@H](c4ccc(Br)s4)C(C)C)CC[C@H]3[C@H]12. The Labute approximate surface area is 252 Å². The molecule has 40 heavy (non-hydrogen) atoms. The van der Waals surface area contributed by atoms with Gasteiger partial charge in [0.2, 0.25) is 5.91 Å². The standard InChI is InChI=1S/C33H46BrNO4S/c1-18(2)31(27-9-10-28(34)40-27)35-29(38)15-19(3)23-7-8-24-30-25(12-14-33(23,24)6)32(5)13-11-22(37)16-21(32)17-26(30)39-20(4)36/h9-10,16,18-19,23-26,30-31H,7-8,11-15,17H2,1-6H3,(H,35,38)/t19-,23-,24+,25+,26-,30+,31-,32+,33-/m1/s1. The van der Waals surface area contributed by atoms with Gasteiger partial charge >= 0.3 is 5.97 Å². The van der Waals surface area contributed by atoms with Gasteiger partial charge in [-0.1, -0.05) is 40.2 Å². The molecular weight excluding hydrogens is 586 g/mol. The number of carbonyl (C=O) groups excluding carboxylic acids is 3. The van der Waals surface area contributed by atoms with Crippen molar-refractivity contribution in [3.05, 3.63) is 32.4 Å². The molecule has 5 rings (SSSR count). The molecule has 9 atom stereocenters. The van der Waals surface area contributed by atoms with Gasteiger partial charge in [-0.25, -0.2) is 0 Å². The quantitative estimate of drug-likeness (QED) is 0.309. The lowest BCUT2D eigenvalue weighted by Gasteiger charge is -2.60. The number of esters is 1. The van der Waals surface area contributed by atoms with Crippen LogP contribution in [0, 0.1) is 46.3 Å². The summed E-state index contributed by atoms with van der Waals surface area (Å²) < 4.78 is 7.14. The molecule has 220 valence electrons. The predicted octanol–water partition coefficient (Wildman–Crippen LogP) is 8.04. The molecule has 1 aromatic heterocycles. The number of thiophene rings is 1. The lowest BCUT2D eigenvalue weighted by Crippen LogP contribution is -2.56. The summed E-state index contributed by atoms with van der Waals surface area (Å²) in [5.41, 5.74) is 1.34. The molecule has 4 aliphatic rings. The largest absolute Gasteiger partial charge is 0.462 e. The number of fused-ring (bicyclic) bond motifs is 5. The Morgan fingerprint density at radius 3 is 2.52 bits per heavy atom. The zero-order valence-electron chi connectivity index (χ0n) is 24.9. The highest BCUT2D eigenvalue weighted by atomic mass is 79.9. The molecule has 1 N–H and O–H groups in total. The van der Waals surface area contributed by atoms with E-state index < -0.39 is 0 Å². The number of rotatable bonds is 7. The van der Waals surface area contributed by atoms with Crippen molar-refractivity contribution in [2.45, 2.75) is 105 Å². The topological polar surface area (TPSA) is 72.5 Å².